The van der Waals surface area contributed by atoms with E-state index in [2.05, 4.69) is 194 Å². The second-order valence-corrected chi connectivity index (χ2v) is 18.5. The first-order valence-electron chi connectivity index (χ1n) is 17.7. The zero-order valence-corrected chi connectivity index (χ0v) is 29.6. The monoisotopic (exact) mass is 669 g/mol. The van der Waals surface area contributed by atoms with Crippen LogP contribution in [-0.4, -0.2) is 8.07 Å². The number of fused-ring (bicyclic) bond motifs is 8. The molecule has 0 unspecified atom stereocenters. The number of rotatable bonds is 5. The number of furan rings is 1. The number of hydrogen-bond donors (Lipinski definition) is 0. The number of hydrogen-bond acceptors (Lipinski definition) is 2. The van der Waals surface area contributed by atoms with Gasteiger partial charge in [0.15, 0.2) is 0 Å². The zero-order chi connectivity index (χ0) is 34.1. The lowest BCUT2D eigenvalue weighted by molar-refractivity contribution is 0.670. The van der Waals surface area contributed by atoms with E-state index in [1.807, 2.05) is 0 Å². The molecule has 3 heteroatoms. The average molecular weight is 670 g/mol. The van der Waals surface area contributed by atoms with Gasteiger partial charge in [-0.2, -0.15) is 0 Å². The lowest BCUT2D eigenvalue weighted by Crippen LogP contribution is -2.49. The van der Waals surface area contributed by atoms with Gasteiger partial charge in [-0.15, -0.1) is 0 Å². The highest BCUT2D eigenvalue weighted by atomic mass is 28.3. The van der Waals surface area contributed by atoms with Crippen LogP contribution in [0.25, 0.3) is 66.1 Å². The number of benzene rings is 8. The summed E-state index contributed by atoms with van der Waals surface area (Å²) in [5, 5.41) is 7.75. The van der Waals surface area contributed by atoms with E-state index < -0.39 is 8.07 Å². The molecular weight excluding hydrogens is 635 g/mol. The average Bonchev–Trinajstić information content (AvgIpc) is 3.67. The Labute approximate surface area is 298 Å². The van der Waals surface area contributed by atoms with Gasteiger partial charge in [0, 0.05) is 33.4 Å². The molecule has 0 spiro atoms. The number of anilines is 3. The summed E-state index contributed by atoms with van der Waals surface area (Å²) in [7, 11) is -2.07. The summed E-state index contributed by atoms with van der Waals surface area (Å²) in [5.41, 5.74) is 12.7. The topological polar surface area (TPSA) is 16.4 Å². The van der Waals surface area contributed by atoms with Crippen LogP contribution in [0.4, 0.5) is 17.1 Å². The first-order chi connectivity index (χ1) is 25.0. The normalized spacial score (nSPS) is 13.1. The first-order valence-corrected chi connectivity index (χ1v) is 20.7. The quantitative estimate of drug-likeness (QED) is 0.170. The molecule has 0 N–H and O–H groups in total. The molecule has 0 saturated carbocycles. The van der Waals surface area contributed by atoms with Crippen LogP contribution in [0.5, 0.6) is 0 Å². The van der Waals surface area contributed by atoms with Crippen LogP contribution in [0.1, 0.15) is 0 Å². The maximum absolute atomic E-state index is 6.61. The van der Waals surface area contributed by atoms with E-state index in [0.717, 1.165) is 28.2 Å². The molecule has 242 valence electrons. The van der Waals surface area contributed by atoms with Crippen LogP contribution >= 0.6 is 0 Å². The van der Waals surface area contributed by atoms with Gasteiger partial charge in [0.05, 0.1) is 0 Å². The predicted octanol–water partition coefficient (Wildman–Crippen LogP) is 12.3. The molecule has 2 nitrogen and oxygen atoms in total. The van der Waals surface area contributed by atoms with E-state index in [0.29, 0.717) is 0 Å². The van der Waals surface area contributed by atoms with Crippen molar-refractivity contribution in [3.63, 3.8) is 0 Å². The Bertz CT molecular complexity index is 2790. The minimum absolute atomic E-state index is 0.946. The SMILES string of the molecule is C[Si]1(C)c2cc(N(c3cccc(-c4ccccc4)c3)c3cccc(-c4ccc5ccccc5c4)c3)ccc2-c2c1ccc1c2oc2ccccc21. The second-order valence-electron chi connectivity index (χ2n) is 14.2. The van der Waals surface area contributed by atoms with Gasteiger partial charge in [-0.25, -0.2) is 0 Å². The van der Waals surface area contributed by atoms with Crippen molar-refractivity contribution in [3.8, 4) is 33.4 Å². The zero-order valence-electron chi connectivity index (χ0n) is 28.6. The fourth-order valence-electron chi connectivity index (χ4n) is 8.22. The maximum atomic E-state index is 6.61. The Balaban J connectivity index is 1.16. The summed E-state index contributed by atoms with van der Waals surface area (Å²) in [6.45, 7) is 4.97. The highest BCUT2D eigenvalue weighted by molar-refractivity contribution is 7.04. The largest absolute Gasteiger partial charge is 0.455 e. The molecule has 1 aromatic heterocycles. The maximum Gasteiger partial charge on any atom is 0.143 e. The molecule has 0 saturated heterocycles. The Kier molecular flexibility index (Phi) is 6.67. The molecule has 0 radical (unpaired) electrons. The molecule has 2 heterocycles. The van der Waals surface area contributed by atoms with Crippen LogP contribution in [0.15, 0.2) is 180 Å². The van der Waals surface area contributed by atoms with E-state index >= 15 is 0 Å². The van der Waals surface area contributed by atoms with Crippen molar-refractivity contribution in [3.05, 3.63) is 176 Å². The van der Waals surface area contributed by atoms with Gasteiger partial charge in [-0.05, 0) is 97.5 Å². The van der Waals surface area contributed by atoms with E-state index in [4.69, 9.17) is 4.42 Å². The third-order valence-corrected chi connectivity index (χ3v) is 14.3. The fourth-order valence-corrected chi connectivity index (χ4v) is 11.3. The summed E-state index contributed by atoms with van der Waals surface area (Å²) in [6.07, 6.45) is 0. The third kappa shape index (κ3) is 4.77. The molecule has 1 aliphatic heterocycles. The van der Waals surface area contributed by atoms with Crippen molar-refractivity contribution in [2.45, 2.75) is 13.1 Å². The third-order valence-electron chi connectivity index (χ3n) is 10.8. The van der Waals surface area contributed by atoms with E-state index in [1.165, 1.54) is 65.3 Å². The Morgan fingerprint density at radius 3 is 1.88 bits per heavy atom. The van der Waals surface area contributed by atoms with Gasteiger partial charge in [0.2, 0.25) is 0 Å². The lowest BCUT2D eigenvalue weighted by Gasteiger charge is -2.28. The highest BCUT2D eigenvalue weighted by Crippen LogP contribution is 2.43. The minimum atomic E-state index is -2.07. The van der Waals surface area contributed by atoms with Crippen LogP contribution in [-0.2, 0) is 0 Å². The molecule has 0 atom stereocenters. The van der Waals surface area contributed by atoms with Crippen LogP contribution in [0, 0.1) is 0 Å². The van der Waals surface area contributed by atoms with Crippen LogP contribution in [0.2, 0.25) is 13.1 Å². The van der Waals surface area contributed by atoms with Crippen molar-refractivity contribution in [1.29, 1.82) is 0 Å². The van der Waals surface area contributed by atoms with Gasteiger partial charge in [-0.1, -0.05) is 140 Å². The fraction of sp³-hybridized carbons (Fsp3) is 0.0417. The smallest absolute Gasteiger partial charge is 0.143 e. The van der Waals surface area contributed by atoms with E-state index in [-0.39, 0.29) is 0 Å². The van der Waals surface area contributed by atoms with E-state index in [9.17, 15) is 0 Å². The van der Waals surface area contributed by atoms with Gasteiger partial charge in [-0.3, -0.25) is 0 Å². The molecular formula is C48H35NOSi. The molecule has 1 aliphatic rings. The molecule has 9 aromatic rings. The number of nitrogens with zero attached hydrogens (tertiary/aromatic N) is 1. The predicted molar refractivity (Wildman–Crippen MR) is 219 cm³/mol. The molecule has 0 aliphatic carbocycles. The molecule has 51 heavy (non-hydrogen) atoms. The van der Waals surface area contributed by atoms with E-state index in [1.54, 1.807) is 0 Å². The van der Waals surface area contributed by atoms with Crippen molar-refractivity contribution < 1.29 is 4.42 Å². The summed E-state index contributed by atoms with van der Waals surface area (Å²) >= 11 is 0. The molecule has 8 aromatic carbocycles. The molecule has 10 rings (SSSR count). The Morgan fingerprint density at radius 1 is 0.431 bits per heavy atom. The summed E-state index contributed by atoms with van der Waals surface area (Å²) in [4.78, 5) is 2.43. The Hall–Kier alpha value is -6.16. The molecule has 0 amide bonds. The van der Waals surface area contributed by atoms with Gasteiger partial charge in [0.1, 0.15) is 19.2 Å². The van der Waals surface area contributed by atoms with Gasteiger partial charge in [0.25, 0.3) is 0 Å². The summed E-state index contributed by atoms with van der Waals surface area (Å²) < 4.78 is 6.61. The van der Waals surface area contributed by atoms with Crippen LogP contribution < -0.4 is 15.3 Å². The first kappa shape index (κ1) is 29.7. The van der Waals surface area contributed by atoms with Crippen molar-refractivity contribution in [1.82, 2.24) is 0 Å². The van der Waals surface area contributed by atoms with Crippen molar-refractivity contribution in [2.75, 3.05) is 4.90 Å². The standard InChI is InChI=1S/C48H35NOSi/c1-51(2)45-27-26-42-41-20-8-9-21-44(41)50-48(42)47(45)43-25-24-40(31-46(43)51)49(38-18-10-16-35(29-38)32-12-4-3-5-13-32)39-19-11-17-36(30-39)37-23-22-33-14-6-7-15-34(33)28-37/h3-31H,1-2H3. The lowest BCUT2D eigenvalue weighted by atomic mass is 9.99. The second kappa shape index (κ2) is 11.4. The van der Waals surface area contributed by atoms with Gasteiger partial charge >= 0.3 is 0 Å². The van der Waals surface area contributed by atoms with Crippen molar-refractivity contribution >= 4 is 68.2 Å². The summed E-state index contributed by atoms with van der Waals surface area (Å²) in [5.74, 6) is 0. The van der Waals surface area contributed by atoms with Gasteiger partial charge < -0.3 is 9.32 Å². The highest BCUT2D eigenvalue weighted by Gasteiger charge is 2.40. The Morgan fingerprint density at radius 2 is 1.08 bits per heavy atom. The minimum Gasteiger partial charge on any atom is -0.455 e. The summed E-state index contributed by atoms with van der Waals surface area (Å²) in [6, 6.07) is 64.1. The van der Waals surface area contributed by atoms with Crippen molar-refractivity contribution in [2.24, 2.45) is 0 Å². The van der Waals surface area contributed by atoms with Crippen LogP contribution in [0.3, 0.4) is 0 Å². The number of para-hydroxylation sites is 1. The molecule has 0 fully saturated rings. The molecule has 0 bridgehead atoms.